The van der Waals surface area contributed by atoms with Gasteiger partial charge in [-0.15, -0.1) is 0 Å². The average molecular weight is 442 g/mol. The first-order chi connectivity index (χ1) is 14.9. The first kappa shape index (κ1) is 20.0. The van der Waals surface area contributed by atoms with Gasteiger partial charge in [-0.2, -0.15) is 0 Å². The smallest absolute Gasteiger partial charge is 0.310 e. The molecule has 8 nitrogen and oxygen atoms in total. The molecule has 3 aliphatic heterocycles. The Kier molecular flexibility index (Phi) is 4.75. The second-order valence-electron chi connectivity index (χ2n) is 8.15. The number of anilines is 2. The van der Waals surface area contributed by atoms with Crippen molar-refractivity contribution in [3.63, 3.8) is 0 Å². The van der Waals surface area contributed by atoms with E-state index >= 15 is 0 Å². The van der Waals surface area contributed by atoms with Gasteiger partial charge in [-0.05, 0) is 55.2 Å². The highest BCUT2D eigenvalue weighted by atomic mass is 32.2. The SMILES string of the molecule is O=C(O)[C@@H]1[C@H](C(=O)Nc2ccc(S(=O)(=O)N3CCc4ccccc43)cc2)[C@@H]2CC[C@@H]1O2. The summed E-state index contributed by atoms with van der Waals surface area (Å²) in [6, 6.07) is 13.4. The molecule has 162 valence electrons. The molecular formula is C22H22N2O6S. The number of carbonyl (C=O) groups excluding carboxylic acids is 1. The van der Waals surface area contributed by atoms with Gasteiger partial charge < -0.3 is 15.2 Å². The maximum Gasteiger partial charge on any atom is 0.310 e. The van der Waals surface area contributed by atoms with Crippen LogP contribution in [0.25, 0.3) is 0 Å². The molecule has 1 amide bonds. The lowest BCUT2D eigenvalue weighted by Crippen LogP contribution is -2.40. The predicted octanol–water partition coefficient (Wildman–Crippen LogP) is 2.25. The highest BCUT2D eigenvalue weighted by Crippen LogP contribution is 2.44. The lowest BCUT2D eigenvalue weighted by Gasteiger charge is -2.24. The first-order valence-electron chi connectivity index (χ1n) is 10.3. The third-order valence-corrected chi connectivity index (χ3v) is 8.24. The Morgan fingerprint density at radius 3 is 2.39 bits per heavy atom. The molecule has 0 radical (unpaired) electrons. The van der Waals surface area contributed by atoms with E-state index < -0.39 is 39.8 Å². The van der Waals surface area contributed by atoms with Crippen LogP contribution in [0.15, 0.2) is 53.4 Å². The molecular weight excluding hydrogens is 420 g/mol. The van der Waals surface area contributed by atoms with E-state index in [-0.39, 0.29) is 11.0 Å². The number of benzene rings is 2. The number of amides is 1. The third-order valence-electron chi connectivity index (χ3n) is 6.42. The van der Waals surface area contributed by atoms with E-state index in [0.29, 0.717) is 37.2 Å². The van der Waals surface area contributed by atoms with Crippen LogP contribution in [0.2, 0.25) is 0 Å². The Hall–Kier alpha value is -2.91. The van der Waals surface area contributed by atoms with Gasteiger partial charge in [0.25, 0.3) is 10.0 Å². The predicted molar refractivity (Wildman–Crippen MR) is 112 cm³/mol. The average Bonchev–Trinajstić information content (AvgIpc) is 3.48. The topological polar surface area (TPSA) is 113 Å². The van der Waals surface area contributed by atoms with Crippen molar-refractivity contribution in [1.29, 1.82) is 0 Å². The second kappa shape index (κ2) is 7.35. The molecule has 31 heavy (non-hydrogen) atoms. The van der Waals surface area contributed by atoms with Crippen molar-refractivity contribution in [2.45, 2.75) is 36.4 Å². The Morgan fingerprint density at radius 1 is 1.00 bits per heavy atom. The summed E-state index contributed by atoms with van der Waals surface area (Å²) in [7, 11) is -3.72. The van der Waals surface area contributed by atoms with E-state index in [0.717, 1.165) is 5.56 Å². The van der Waals surface area contributed by atoms with Crippen molar-refractivity contribution in [3.05, 3.63) is 54.1 Å². The van der Waals surface area contributed by atoms with Crippen LogP contribution in [0.5, 0.6) is 0 Å². The molecule has 2 aromatic carbocycles. The maximum absolute atomic E-state index is 13.1. The zero-order valence-corrected chi connectivity index (χ0v) is 17.4. The molecule has 3 aliphatic rings. The van der Waals surface area contributed by atoms with Crippen LogP contribution in [0.3, 0.4) is 0 Å². The molecule has 0 spiro atoms. The van der Waals surface area contributed by atoms with Gasteiger partial charge in [-0.25, -0.2) is 8.42 Å². The zero-order valence-electron chi connectivity index (χ0n) is 16.6. The summed E-state index contributed by atoms with van der Waals surface area (Å²) in [5.74, 6) is -3.04. The molecule has 9 heteroatoms. The Labute approximate surface area is 179 Å². The Morgan fingerprint density at radius 2 is 1.68 bits per heavy atom. The molecule has 2 bridgehead atoms. The van der Waals surface area contributed by atoms with Gasteiger partial charge >= 0.3 is 5.97 Å². The summed E-state index contributed by atoms with van der Waals surface area (Å²) in [6.07, 6.45) is 1.17. The summed E-state index contributed by atoms with van der Waals surface area (Å²) in [5.41, 5.74) is 2.10. The Balaban J connectivity index is 1.33. The van der Waals surface area contributed by atoms with Crippen LogP contribution in [-0.4, -0.2) is 44.2 Å². The van der Waals surface area contributed by atoms with E-state index in [1.165, 1.54) is 28.6 Å². The number of fused-ring (bicyclic) bond motifs is 3. The number of carboxylic acid groups (broad SMARTS) is 1. The fourth-order valence-electron chi connectivity index (χ4n) is 4.95. The van der Waals surface area contributed by atoms with Gasteiger partial charge in [0.15, 0.2) is 0 Å². The number of aliphatic carboxylic acids is 1. The van der Waals surface area contributed by atoms with Crippen LogP contribution >= 0.6 is 0 Å². The molecule has 0 saturated carbocycles. The van der Waals surface area contributed by atoms with Crippen LogP contribution in [0.1, 0.15) is 18.4 Å². The molecule has 5 rings (SSSR count). The van der Waals surface area contributed by atoms with Gasteiger partial charge in [0.2, 0.25) is 5.91 Å². The van der Waals surface area contributed by atoms with Crippen molar-refractivity contribution in [2.24, 2.45) is 11.8 Å². The van der Waals surface area contributed by atoms with Crippen molar-refractivity contribution < 1.29 is 27.9 Å². The number of ether oxygens (including phenoxy) is 1. The zero-order chi connectivity index (χ0) is 21.8. The van der Waals surface area contributed by atoms with Gasteiger partial charge in [-0.1, -0.05) is 18.2 Å². The van der Waals surface area contributed by atoms with Crippen LogP contribution in [-0.2, 0) is 30.8 Å². The minimum absolute atomic E-state index is 0.133. The number of hydrogen-bond donors (Lipinski definition) is 2. The van der Waals surface area contributed by atoms with Gasteiger partial charge in [-0.3, -0.25) is 13.9 Å². The lowest BCUT2D eigenvalue weighted by molar-refractivity contribution is -0.147. The highest BCUT2D eigenvalue weighted by Gasteiger charge is 2.55. The van der Waals surface area contributed by atoms with E-state index in [4.69, 9.17) is 4.74 Å². The molecule has 0 unspecified atom stereocenters. The van der Waals surface area contributed by atoms with Crippen molar-refractivity contribution in [3.8, 4) is 0 Å². The number of sulfonamides is 1. The Bertz CT molecular complexity index is 1150. The minimum Gasteiger partial charge on any atom is -0.481 e. The number of rotatable bonds is 5. The summed E-state index contributed by atoms with van der Waals surface area (Å²) in [5, 5.41) is 12.2. The maximum atomic E-state index is 13.1. The normalized spacial score (nSPS) is 26.6. The summed E-state index contributed by atoms with van der Waals surface area (Å²) >= 11 is 0. The number of hydrogen-bond acceptors (Lipinski definition) is 5. The summed E-state index contributed by atoms with van der Waals surface area (Å²) < 4.78 is 33.2. The fraction of sp³-hybridized carbons (Fsp3) is 0.364. The van der Waals surface area contributed by atoms with E-state index in [1.807, 2.05) is 18.2 Å². The van der Waals surface area contributed by atoms with E-state index in [2.05, 4.69) is 5.32 Å². The molecule has 4 atom stereocenters. The van der Waals surface area contributed by atoms with Crippen LogP contribution in [0.4, 0.5) is 11.4 Å². The number of nitrogens with one attached hydrogen (secondary N) is 1. The standard InChI is InChI=1S/C22H22N2O6S/c25-21(19-17-9-10-18(30-17)20(19)22(26)27)23-14-5-7-15(8-6-14)31(28,29)24-12-11-13-3-1-2-4-16(13)24/h1-8,17-20H,9-12H2,(H,23,25)(H,26,27)/t17-,18-,19+,20-/m0/s1. The molecule has 2 fully saturated rings. The number of nitrogens with zero attached hydrogens (tertiary/aromatic N) is 1. The van der Waals surface area contributed by atoms with Crippen molar-refractivity contribution >= 4 is 33.3 Å². The van der Waals surface area contributed by atoms with Gasteiger partial charge in [0, 0.05) is 12.2 Å². The molecule has 0 aliphatic carbocycles. The summed E-state index contributed by atoms with van der Waals surface area (Å²) in [6.45, 7) is 0.390. The van der Waals surface area contributed by atoms with E-state index in [1.54, 1.807) is 6.07 Å². The monoisotopic (exact) mass is 442 g/mol. The number of carbonyl (C=O) groups is 2. The molecule has 2 aromatic rings. The van der Waals surface area contributed by atoms with Crippen molar-refractivity contribution in [1.82, 2.24) is 0 Å². The van der Waals surface area contributed by atoms with Crippen molar-refractivity contribution in [2.75, 3.05) is 16.2 Å². The third kappa shape index (κ3) is 3.28. The largest absolute Gasteiger partial charge is 0.481 e. The van der Waals surface area contributed by atoms with Gasteiger partial charge in [0.1, 0.15) is 0 Å². The summed E-state index contributed by atoms with van der Waals surface area (Å²) in [4.78, 5) is 24.5. The quantitative estimate of drug-likeness (QED) is 0.734. The molecule has 2 saturated heterocycles. The number of para-hydroxylation sites is 1. The number of carboxylic acids is 1. The lowest BCUT2D eigenvalue weighted by atomic mass is 9.78. The molecule has 0 aromatic heterocycles. The van der Waals surface area contributed by atoms with Crippen LogP contribution < -0.4 is 9.62 Å². The fourth-order valence-corrected chi connectivity index (χ4v) is 6.45. The second-order valence-corrected chi connectivity index (χ2v) is 10.0. The molecule has 2 N–H and O–H groups in total. The van der Waals surface area contributed by atoms with Gasteiger partial charge in [0.05, 0.1) is 34.6 Å². The highest BCUT2D eigenvalue weighted by molar-refractivity contribution is 7.92. The molecule has 3 heterocycles. The minimum atomic E-state index is -3.72. The van der Waals surface area contributed by atoms with E-state index in [9.17, 15) is 23.1 Å². The first-order valence-corrected chi connectivity index (χ1v) is 11.7. The van der Waals surface area contributed by atoms with Crippen LogP contribution in [0, 0.1) is 11.8 Å².